The van der Waals surface area contributed by atoms with Gasteiger partial charge in [-0.3, -0.25) is 0 Å². The van der Waals surface area contributed by atoms with Gasteiger partial charge < -0.3 is 10.5 Å². The maximum Gasteiger partial charge on any atom is 0.0832 e. The molecule has 1 aliphatic rings. The number of fused-ring (bicyclic) bond motifs is 1. The van der Waals surface area contributed by atoms with Crippen LogP contribution in [0.2, 0.25) is 0 Å². The third-order valence-electron chi connectivity index (χ3n) is 4.22. The zero-order valence-electron chi connectivity index (χ0n) is 12.4. The first-order valence-corrected chi connectivity index (χ1v) is 7.84. The van der Waals surface area contributed by atoms with Gasteiger partial charge >= 0.3 is 0 Å². The van der Waals surface area contributed by atoms with Gasteiger partial charge in [-0.25, -0.2) is 0 Å². The van der Waals surface area contributed by atoms with Crippen molar-refractivity contribution in [2.45, 2.75) is 38.4 Å². The summed E-state index contributed by atoms with van der Waals surface area (Å²) in [5.41, 5.74) is 10.9. The molecule has 1 aliphatic carbocycles. The predicted molar refractivity (Wildman–Crippen MR) is 86.1 cm³/mol. The van der Waals surface area contributed by atoms with Crippen molar-refractivity contribution in [3.05, 3.63) is 70.8 Å². The van der Waals surface area contributed by atoms with E-state index in [1.807, 2.05) is 0 Å². The molecular weight excluding hydrogens is 258 g/mol. The summed E-state index contributed by atoms with van der Waals surface area (Å²) < 4.78 is 6.17. The molecule has 0 aliphatic heterocycles. The van der Waals surface area contributed by atoms with Gasteiger partial charge in [0.05, 0.1) is 12.7 Å². The highest BCUT2D eigenvalue weighted by molar-refractivity contribution is 5.31. The van der Waals surface area contributed by atoms with Crippen molar-refractivity contribution in [2.75, 3.05) is 6.54 Å². The monoisotopic (exact) mass is 281 g/mol. The van der Waals surface area contributed by atoms with Crippen molar-refractivity contribution in [1.29, 1.82) is 0 Å². The van der Waals surface area contributed by atoms with Crippen LogP contribution in [-0.2, 0) is 24.2 Å². The highest BCUT2D eigenvalue weighted by Crippen LogP contribution is 2.32. The van der Waals surface area contributed by atoms with E-state index in [4.69, 9.17) is 10.5 Å². The fraction of sp³-hybridized carbons (Fsp3) is 0.368. The molecule has 0 heterocycles. The van der Waals surface area contributed by atoms with Gasteiger partial charge in [0.25, 0.3) is 0 Å². The van der Waals surface area contributed by atoms with E-state index in [1.54, 1.807) is 0 Å². The molecule has 2 N–H and O–H groups in total. The predicted octanol–water partition coefficient (Wildman–Crippen LogP) is 3.78. The van der Waals surface area contributed by atoms with Crippen molar-refractivity contribution in [3.63, 3.8) is 0 Å². The van der Waals surface area contributed by atoms with E-state index in [9.17, 15) is 0 Å². The van der Waals surface area contributed by atoms with Crippen molar-refractivity contribution in [3.8, 4) is 0 Å². The minimum absolute atomic E-state index is 0.249. The van der Waals surface area contributed by atoms with Crippen LogP contribution in [-0.4, -0.2) is 6.54 Å². The Balaban J connectivity index is 1.63. The Hall–Kier alpha value is -1.64. The van der Waals surface area contributed by atoms with Crippen LogP contribution in [0.5, 0.6) is 0 Å². The van der Waals surface area contributed by atoms with Crippen molar-refractivity contribution >= 4 is 0 Å². The summed E-state index contributed by atoms with van der Waals surface area (Å²) in [4.78, 5) is 0. The summed E-state index contributed by atoms with van der Waals surface area (Å²) in [5.74, 6) is 0. The molecule has 0 saturated carbocycles. The molecule has 1 unspecified atom stereocenters. The molecule has 3 rings (SSSR count). The Kier molecular flexibility index (Phi) is 4.69. The summed E-state index contributed by atoms with van der Waals surface area (Å²) >= 11 is 0. The van der Waals surface area contributed by atoms with Crippen LogP contribution in [0, 0.1) is 0 Å². The minimum atomic E-state index is 0.249. The molecule has 0 radical (unpaired) electrons. The lowest BCUT2D eigenvalue weighted by Gasteiger charge is -2.25. The molecule has 0 amide bonds. The quantitative estimate of drug-likeness (QED) is 0.905. The summed E-state index contributed by atoms with van der Waals surface area (Å²) in [6, 6.07) is 17.3. The van der Waals surface area contributed by atoms with Gasteiger partial charge in [0, 0.05) is 0 Å². The molecule has 0 bridgehead atoms. The first-order chi connectivity index (χ1) is 10.4. The van der Waals surface area contributed by atoms with Crippen LogP contribution in [0.25, 0.3) is 0 Å². The summed E-state index contributed by atoms with van der Waals surface area (Å²) in [6.07, 6.45) is 4.72. The molecule has 1 atom stereocenters. The standard InChI is InChI=1S/C19H23NO/c20-13-12-15-8-10-16(11-9-15)14-21-19-7-3-5-17-4-1-2-6-18(17)19/h1-2,4,6,8-11,19H,3,5,7,12-14,20H2. The molecule has 21 heavy (non-hydrogen) atoms. The molecule has 0 aromatic heterocycles. The van der Waals surface area contributed by atoms with Crippen LogP contribution in [0.3, 0.4) is 0 Å². The summed E-state index contributed by atoms with van der Waals surface area (Å²) in [5, 5.41) is 0. The zero-order valence-corrected chi connectivity index (χ0v) is 12.4. The van der Waals surface area contributed by atoms with Gasteiger partial charge in [-0.1, -0.05) is 48.5 Å². The SMILES string of the molecule is NCCc1ccc(COC2CCCc3ccccc32)cc1. The van der Waals surface area contributed by atoms with Gasteiger partial charge in [0.2, 0.25) is 0 Å². The molecular formula is C19H23NO. The van der Waals surface area contributed by atoms with Gasteiger partial charge in [0.1, 0.15) is 0 Å². The molecule has 0 saturated heterocycles. The average molecular weight is 281 g/mol. The highest BCUT2D eigenvalue weighted by Gasteiger charge is 2.20. The second kappa shape index (κ2) is 6.88. The molecule has 2 aromatic carbocycles. The van der Waals surface area contributed by atoms with Crippen LogP contribution in [0.1, 0.15) is 41.2 Å². The van der Waals surface area contributed by atoms with Crippen LogP contribution in [0.4, 0.5) is 0 Å². The fourth-order valence-electron chi connectivity index (χ4n) is 3.05. The number of hydrogen-bond acceptors (Lipinski definition) is 2. The molecule has 110 valence electrons. The Morgan fingerprint density at radius 3 is 2.57 bits per heavy atom. The summed E-state index contributed by atoms with van der Waals surface area (Å²) in [6.45, 7) is 1.39. The molecule has 2 aromatic rings. The minimum Gasteiger partial charge on any atom is -0.369 e. The number of benzene rings is 2. The maximum atomic E-state index is 6.17. The van der Waals surface area contributed by atoms with Gasteiger partial charge in [-0.05, 0) is 54.5 Å². The van der Waals surface area contributed by atoms with Crippen LogP contribution in [0.15, 0.2) is 48.5 Å². The van der Waals surface area contributed by atoms with Gasteiger partial charge in [-0.15, -0.1) is 0 Å². The lowest BCUT2D eigenvalue weighted by atomic mass is 9.89. The van der Waals surface area contributed by atoms with Crippen LogP contribution < -0.4 is 5.73 Å². The van der Waals surface area contributed by atoms with E-state index in [1.165, 1.54) is 35.1 Å². The van der Waals surface area contributed by atoms with E-state index >= 15 is 0 Å². The lowest BCUT2D eigenvalue weighted by Crippen LogP contribution is -2.12. The number of ether oxygens (including phenoxy) is 1. The zero-order chi connectivity index (χ0) is 14.5. The van der Waals surface area contributed by atoms with Crippen molar-refractivity contribution in [1.82, 2.24) is 0 Å². The van der Waals surface area contributed by atoms with Gasteiger partial charge in [0.15, 0.2) is 0 Å². The van der Waals surface area contributed by atoms with E-state index in [2.05, 4.69) is 48.5 Å². The molecule has 2 heteroatoms. The molecule has 0 fully saturated rings. The normalized spacial score (nSPS) is 17.5. The number of rotatable bonds is 5. The Morgan fingerprint density at radius 2 is 1.76 bits per heavy atom. The van der Waals surface area contributed by atoms with E-state index in [0.717, 1.165) is 12.8 Å². The van der Waals surface area contributed by atoms with E-state index < -0.39 is 0 Å². The second-order valence-electron chi connectivity index (χ2n) is 5.75. The van der Waals surface area contributed by atoms with E-state index in [0.29, 0.717) is 13.2 Å². The number of hydrogen-bond donors (Lipinski definition) is 1. The first kappa shape index (κ1) is 14.3. The highest BCUT2D eigenvalue weighted by atomic mass is 16.5. The second-order valence-corrected chi connectivity index (χ2v) is 5.75. The maximum absolute atomic E-state index is 6.17. The topological polar surface area (TPSA) is 35.2 Å². The number of aryl methyl sites for hydroxylation is 1. The van der Waals surface area contributed by atoms with Crippen molar-refractivity contribution in [2.24, 2.45) is 5.73 Å². The Morgan fingerprint density at radius 1 is 1.00 bits per heavy atom. The average Bonchev–Trinajstić information content (AvgIpc) is 2.54. The fourth-order valence-corrected chi connectivity index (χ4v) is 3.05. The summed E-state index contributed by atoms with van der Waals surface area (Å²) in [7, 11) is 0. The first-order valence-electron chi connectivity index (χ1n) is 7.84. The molecule has 0 spiro atoms. The Labute approximate surface area is 126 Å². The van der Waals surface area contributed by atoms with Gasteiger partial charge in [-0.2, -0.15) is 0 Å². The smallest absolute Gasteiger partial charge is 0.0832 e. The van der Waals surface area contributed by atoms with E-state index in [-0.39, 0.29) is 6.10 Å². The largest absolute Gasteiger partial charge is 0.369 e. The van der Waals surface area contributed by atoms with Crippen LogP contribution >= 0.6 is 0 Å². The third kappa shape index (κ3) is 3.52. The molecule has 2 nitrogen and oxygen atoms in total. The third-order valence-corrected chi connectivity index (χ3v) is 4.22. The Bertz CT molecular complexity index is 576. The van der Waals surface area contributed by atoms with Crippen molar-refractivity contribution < 1.29 is 4.74 Å². The number of nitrogens with two attached hydrogens (primary N) is 1. The lowest BCUT2D eigenvalue weighted by molar-refractivity contribution is 0.0283.